The highest BCUT2D eigenvalue weighted by Gasteiger charge is 2.14. The van der Waals surface area contributed by atoms with E-state index in [-0.39, 0.29) is 23.9 Å². The highest BCUT2D eigenvalue weighted by Crippen LogP contribution is 2.14. The summed E-state index contributed by atoms with van der Waals surface area (Å²) >= 11 is 0. The van der Waals surface area contributed by atoms with Crippen molar-refractivity contribution in [2.75, 3.05) is 24.1 Å². The van der Waals surface area contributed by atoms with Crippen LogP contribution in [-0.4, -0.2) is 43.3 Å². The molecule has 3 aromatic rings. The van der Waals surface area contributed by atoms with Gasteiger partial charge in [-0.2, -0.15) is 5.10 Å². The van der Waals surface area contributed by atoms with E-state index in [1.807, 2.05) is 32.0 Å². The van der Waals surface area contributed by atoms with E-state index in [2.05, 4.69) is 15.1 Å². The van der Waals surface area contributed by atoms with Crippen molar-refractivity contribution in [3.05, 3.63) is 70.1 Å². The van der Waals surface area contributed by atoms with Gasteiger partial charge in [-0.3, -0.25) is 14.3 Å². The van der Waals surface area contributed by atoms with Gasteiger partial charge in [0, 0.05) is 23.2 Å². The molecule has 0 aliphatic heterocycles. The Labute approximate surface area is 175 Å². The van der Waals surface area contributed by atoms with Crippen LogP contribution in [0.1, 0.15) is 29.0 Å². The van der Waals surface area contributed by atoms with Crippen LogP contribution in [0.25, 0.3) is 10.8 Å². The first kappa shape index (κ1) is 21.7. The molecule has 8 nitrogen and oxygen atoms in total. The number of Topliss-reactive ketones (excluding diaryl/α,β-unsaturated/α-hetero) is 1. The van der Waals surface area contributed by atoms with Gasteiger partial charge in [0.15, 0.2) is 5.78 Å². The molecule has 2 N–H and O–H groups in total. The van der Waals surface area contributed by atoms with Gasteiger partial charge in [-0.15, -0.1) is 0 Å². The molecule has 1 heterocycles. The molecular formula is C21H24N4O4S. The lowest BCUT2D eigenvalue weighted by Crippen LogP contribution is -2.34. The molecule has 0 bridgehead atoms. The van der Waals surface area contributed by atoms with E-state index in [4.69, 9.17) is 0 Å². The third-order valence-electron chi connectivity index (χ3n) is 4.67. The Bertz CT molecular complexity index is 1230. The quantitative estimate of drug-likeness (QED) is 0.532. The molecule has 2 aromatic carbocycles. The van der Waals surface area contributed by atoms with Crippen LogP contribution in [0.4, 0.5) is 5.69 Å². The molecular weight excluding hydrogens is 404 g/mol. The van der Waals surface area contributed by atoms with Crippen molar-refractivity contribution in [1.29, 1.82) is 0 Å². The molecule has 0 saturated heterocycles. The van der Waals surface area contributed by atoms with Crippen LogP contribution < -0.4 is 15.6 Å². The average Bonchev–Trinajstić information content (AvgIpc) is 2.70. The van der Waals surface area contributed by atoms with Gasteiger partial charge in [-0.25, -0.2) is 13.1 Å². The summed E-state index contributed by atoms with van der Waals surface area (Å²) in [6.07, 6.45) is 1.06. The van der Waals surface area contributed by atoms with Crippen molar-refractivity contribution in [2.24, 2.45) is 0 Å². The first-order valence-corrected chi connectivity index (χ1v) is 11.3. The maximum Gasteiger partial charge on any atom is 0.274 e. The third kappa shape index (κ3) is 5.11. The highest BCUT2D eigenvalue weighted by molar-refractivity contribution is 7.92. The lowest BCUT2D eigenvalue weighted by molar-refractivity contribution is 0.0990. The van der Waals surface area contributed by atoms with Crippen LogP contribution in [0, 0.1) is 6.92 Å². The Morgan fingerprint density at radius 3 is 2.37 bits per heavy atom. The standard InChI is InChI=1S/C21H24N4O4S/c1-14(25-21(27)19-7-5-4-6-18(19)15(2)23-25)12-22-13-20(26)16-8-10-17(11-9-16)24-30(3,28)29/h4-11,14,22,24H,12-13H2,1-3H3. The lowest BCUT2D eigenvalue weighted by atomic mass is 10.1. The Morgan fingerprint density at radius 1 is 1.10 bits per heavy atom. The minimum absolute atomic E-state index is 0.0878. The summed E-state index contributed by atoms with van der Waals surface area (Å²) in [4.78, 5) is 25.1. The van der Waals surface area contributed by atoms with Gasteiger partial charge < -0.3 is 5.32 Å². The topological polar surface area (TPSA) is 110 Å². The molecule has 0 spiro atoms. The number of nitrogens with zero attached hydrogens (tertiary/aromatic N) is 2. The molecule has 0 aliphatic carbocycles. The van der Waals surface area contributed by atoms with Crippen molar-refractivity contribution in [1.82, 2.24) is 15.1 Å². The molecule has 9 heteroatoms. The molecule has 0 saturated carbocycles. The molecule has 30 heavy (non-hydrogen) atoms. The number of ketones is 1. The fraction of sp³-hybridized carbons (Fsp3) is 0.286. The number of hydrogen-bond donors (Lipinski definition) is 2. The number of carbonyl (C=O) groups is 1. The predicted octanol–water partition coefficient (Wildman–Crippen LogP) is 2.11. The van der Waals surface area contributed by atoms with Gasteiger partial charge in [0.05, 0.1) is 29.9 Å². The Balaban J connectivity index is 1.62. The van der Waals surface area contributed by atoms with Crippen molar-refractivity contribution in [3.63, 3.8) is 0 Å². The van der Waals surface area contributed by atoms with Crippen LogP contribution in [0.2, 0.25) is 0 Å². The van der Waals surface area contributed by atoms with Gasteiger partial charge in [0.2, 0.25) is 10.0 Å². The van der Waals surface area contributed by atoms with Gasteiger partial charge in [0.25, 0.3) is 5.56 Å². The second-order valence-corrected chi connectivity index (χ2v) is 8.98. The smallest absolute Gasteiger partial charge is 0.274 e. The summed E-state index contributed by atoms with van der Waals surface area (Å²) in [6, 6.07) is 13.3. The molecule has 3 rings (SSSR count). The monoisotopic (exact) mass is 428 g/mol. The number of sulfonamides is 1. The number of rotatable bonds is 8. The average molecular weight is 429 g/mol. The molecule has 0 aliphatic rings. The molecule has 1 unspecified atom stereocenters. The molecule has 0 radical (unpaired) electrons. The van der Waals surface area contributed by atoms with Crippen LogP contribution >= 0.6 is 0 Å². The summed E-state index contributed by atoms with van der Waals surface area (Å²) in [5.41, 5.74) is 1.47. The minimum atomic E-state index is -3.36. The van der Waals surface area contributed by atoms with Crippen LogP contribution in [0.5, 0.6) is 0 Å². The second-order valence-electron chi connectivity index (χ2n) is 7.24. The number of hydrogen-bond acceptors (Lipinski definition) is 6. The fourth-order valence-corrected chi connectivity index (χ4v) is 3.75. The zero-order valence-electron chi connectivity index (χ0n) is 17.0. The second kappa shape index (κ2) is 8.76. The van der Waals surface area contributed by atoms with Crippen LogP contribution in [-0.2, 0) is 10.0 Å². The van der Waals surface area contributed by atoms with Crippen molar-refractivity contribution in [3.8, 4) is 0 Å². The van der Waals surface area contributed by atoms with E-state index in [1.165, 1.54) is 16.8 Å². The molecule has 158 valence electrons. The summed E-state index contributed by atoms with van der Waals surface area (Å²) in [5, 5.41) is 8.94. The number of carbonyl (C=O) groups excluding carboxylic acids is 1. The van der Waals surface area contributed by atoms with Crippen molar-refractivity contribution in [2.45, 2.75) is 19.9 Å². The van der Waals surface area contributed by atoms with Crippen LogP contribution in [0.3, 0.4) is 0 Å². The fourth-order valence-electron chi connectivity index (χ4n) is 3.19. The lowest BCUT2D eigenvalue weighted by Gasteiger charge is -2.16. The van der Waals surface area contributed by atoms with E-state index >= 15 is 0 Å². The minimum Gasteiger partial charge on any atom is -0.308 e. The maximum atomic E-state index is 12.7. The Kier molecular flexibility index (Phi) is 6.33. The highest BCUT2D eigenvalue weighted by atomic mass is 32.2. The number of nitrogens with one attached hydrogen (secondary N) is 2. The van der Waals surface area contributed by atoms with Crippen molar-refractivity contribution >= 4 is 32.3 Å². The maximum absolute atomic E-state index is 12.7. The van der Waals surface area contributed by atoms with E-state index in [0.29, 0.717) is 23.2 Å². The van der Waals surface area contributed by atoms with Crippen molar-refractivity contribution < 1.29 is 13.2 Å². The summed E-state index contributed by atoms with van der Waals surface area (Å²) in [5.74, 6) is -0.136. The summed E-state index contributed by atoms with van der Waals surface area (Å²) in [7, 11) is -3.36. The zero-order valence-corrected chi connectivity index (χ0v) is 17.9. The van der Waals surface area contributed by atoms with E-state index in [0.717, 1.165) is 17.3 Å². The number of benzene rings is 2. The van der Waals surface area contributed by atoms with Gasteiger partial charge in [-0.05, 0) is 44.2 Å². The first-order valence-electron chi connectivity index (χ1n) is 9.45. The number of aromatic nitrogens is 2. The number of anilines is 1. The first-order chi connectivity index (χ1) is 14.2. The number of aryl methyl sites for hydroxylation is 1. The van der Waals surface area contributed by atoms with E-state index in [9.17, 15) is 18.0 Å². The van der Waals surface area contributed by atoms with Gasteiger partial charge in [0.1, 0.15) is 0 Å². The van der Waals surface area contributed by atoms with Crippen LogP contribution in [0.15, 0.2) is 53.3 Å². The Hall–Kier alpha value is -3.04. The largest absolute Gasteiger partial charge is 0.308 e. The molecule has 0 fully saturated rings. The molecule has 1 aromatic heterocycles. The molecule has 0 amide bonds. The number of fused-ring (bicyclic) bond motifs is 1. The third-order valence-corrected chi connectivity index (χ3v) is 5.27. The summed E-state index contributed by atoms with van der Waals surface area (Å²) < 4.78 is 26.3. The van der Waals surface area contributed by atoms with Gasteiger partial charge >= 0.3 is 0 Å². The van der Waals surface area contributed by atoms with E-state index in [1.54, 1.807) is 18.2 Å². The zero-order chi connectivity index (χ0) is 21.9. The van der Waals surface area contributed by atoms with Gasteiger partial charge in [-0.1, -0.05) is 18.2 Å². The predicted molar refractivity (Wildman–Crippen MR) is 118 cm³/mol. The Morgan fingerprint density at radius 2 is 1.73 bits per heavy atom. The summed E-state index contributed by atoms with van der Waals surface area (Å²) in [6.45, 7) is 4.21. The normalized spacial score (nSPS) is 12.6. The van der Waals surface area contributed by atoms with E-state index < -0.39 is 10.0 Å². The SMILES string of the molecule is Cc1nn(C(C)CNCC(=O)c2ccc(NS(C)(=O)=O)cc2)c(=O)c2ccccc12. The molecule has 1 atom stereocenters.